The molecule has 4 heteroatoms. The standard InChI is InChI=1S/C19H32O4/c1-3-4-5-12-15-18(23-21)16-13-10-8-6-7-9-11-14-17-19(20)22-2/h4-5,10,12-13,15,18,21H,3,6-9,11,14,16-17H2,1-2H3/b5-4+,13-10+,15-12+. The Bertz CT molecular complexity index is 358. The van der Waals surface area contributed by atoms with Gasteiger partial charge in [-0.2, -0.15) is 0 Å². The second-order valence-electron chi connectivity index (χ2n) is 5.45. The number of hydrogen-bond donors (Lipinski definition) is 1. The number of unbranched alkanes of at least 4 members (excludes halogenated alkanes) is 5. The second kappa shape index (κ2) is 17.0. The predicted molar refractivity (Wildman–Crippen MR) is 94.2 cm³/mol. The van der Waals surface area contributed by atoms with Crippen LogP contribution in [-0.2, 0) is 14.4 Å². The van der Waals surface area contributed by atoms with Crippen molar-refractivity contribution in [1.82, 2.24) is 0 Å². The van der Waals surface area contributed by atoms with Crippen LogP contribution in [0.4, 0.5) is 0 Å². The maximum atomic E-state index is 10.9. The van der Waals surface area contributed by atoms with Crippen LogP contribution in [0.15, 0.2) is 36.5 Å². The molecule has 0 aliphatic rings. The third-order valence-corrected chi connectivity index (χ3v) is 3.46. The van der Waals surface area contributed by atoms with Crippen molar-refractivity contribution in [1.29, 1.82) is 0 Å². The van der Waals surface area contributed by atoms with Crippen LogP contribution in [0, 0.1) is 0 Å². The Morgan fingerprint density at radius 1 is 1.04 bits per heavy atom. The van der Waals surface area contributed by atoms with E-state index in [-0.39, 0.29) is 12.1 Å². The maximum Gasteiger partial charge on any atom is 0.305 e. The van der Waals surface area contributed by atoms with E-state index >= 15 is 0 Å². The lowest BCUT2D eigenvalue weighted by molar-refractivity contribution is -0.264. The van der Waals surface area contributed by atoms with Crippen molar-refractivity contribution < 1.29 is 19.7 Å². The lowest BCUT2D eigenvalue weighted by Crippen LogP contribution is -2.04. The zero-order valence-electron chi connectivity index (χ0n) is 14.6. The molecular formula is C19H32O4. The van der Waals surface area contributed by atoms with Gasteiger partial charge in [-0.25, -0.2) is 4.89 Å². The van der Waals surface area contributed by atoms with Crippen molar-refractivity contribution in [2.24, 2.45) is 0 Å². The average molecular weight is 324 g/mol. The Balaban J connectivity index is 3.56. The van der Waals surface area contributed by atoms with Crippen molar-refractivity contribution in [3.05, 3.63) is 36.5 Å². The average Bonchev–Trinajstić information content (AvgIpc) is 2.57. The summed E-state index contributed by atoms with van der Waals surface area (Å²) in [5.41, 5.74) is 0. The SMILES string of the molecule is CC/C=C/C=C/C(C/C=C/CCCCCCCC(=O)OC)OO. The number of esters is 1. The highest BCUT2D eigenvalue weighted by Gasteiger charge is 2.00. The fraction of sp³-hybridized carbons (Fsp3) is 0.632. The fourth-order valence-electron chi connectivity index (χ4n) is 2.07. The molecule has 0 aromatic heterocycles. The molecule has 0 amide bonds. The molecule has 1 atom stereocenters. The number of methoxy groups -OCH3 is 1. The Morgan fingerprint density at radius 3 is 2.48 bits per heavy atom. The van der Waals surface area contributed by atoms with Gasteiger partial charge in [0.15, 0.2) is 0 Å². The number of ether oxygens (including phenoxy) is 1. The van der Waals surface area contributed by atoms with Crippen LogP contribution in [0.5, 0.6) is 0 Å². The maximum absolute atomic E-state index is 10.9. The first-order valence-corrected chi connectivity index (χ1v) is 8.60. The molecule has 0 aromatic carbocycles. The minimum atomic E-state index is -0.286. The van der Waals surface area contributed by atoms with Crippen LogP contribution < -0.4 is 0 Å². The summed E-state index contributed by atoms with van der Waals surface area (Å²) >= 11 is 0. The summed E-state index contributed by atoms with van der Waals surface area (Å²) in [5, 5.41) is 8.82. The van der Waals surface area contributed by atoms with Gasteiger partial charge in [0.25, 0.3) is 0 Å². The lowest BCUT2D eigenvalue weighted by atomic mass is 10.1. The Hall–Kier alpha value is -1.39. The van der Waals surface area contributed by atoms with E-state index in [2.05, 4.69) is 22.6 Å². The summed E-state index contributed by atoms with van der Waals surface area (Å²) in [5.74, 6) is -0.118. The molecule has 0 aromatic rings. The zero-order valence-corrected chi connectivity index (χ0v) is 14.6. The molecule has 0 spiro atoms. The number of rotatable bonds is 14. The first kappa shape index (κ1) is 21.6. The largest absolute Gasteiger partial charge is 0.469 e. The molecule has 0 aliphatic heterocycles. The van der Waals surface area contributed by atoms with Crippen molar-refractivity contribution >= 4 is 5.97 Å². The molecule has 1 N–H and O–H groups in total. The van der Waals surface area contributed by atoms with Crippen LogP contribution in [0.2, 0.25) is 0 Å². The minimum absolute atomic E-state index is 0.118. The van der Waals surface area contributed by atoms with Crippen LogP contribution in [0.25, 0.3) is 0 Å². The van der Waals surface area contributed by atoms with Crippen molar-refractivity contribution in [2.75, 3.05) is 7.11 Å². The van der Waals surface area contributed by atoms with Gasteiger partial charge in [0, 0.05) is 6.42 Å². The van der Waals surface area contributed by atoms with Gasteiger partial charge < -0.3 is 4.74 Å². The summed E-state index contributed by atoms with van der Waals surface area (Å²) < 4.78 is 4.60. The summed E-state index contributed by atoms with van der Waals surface area (Å²) in [6.45, 7) is 2.08. The van der Waals surface area contributed by atoms with Gasteiger partial charge >= 0.3 is 5.97 Å². The molecule has 0 heterocycles. The van der Waals surface area contributed by atoms with Gasteiger partial charge in [-0.05, 0) is 32.1 Å². The molecule has 0 rings (SSSR count). The van der Waals surface area contributed by atoms with E-state index in [0.29, 0.717) is 12.8 Å². The summed E-state index contributed by atoms with van der Waals surface area (Å²) in [6.07, 6.45) is 20.3. The van der Waals surface area contributed by atoms with E-state index < -0.39 is 0 Å². The molecule has 1 unspecified atom stereocenters. The van der Waals surface area contributed by atoms with Crippen molar-refractivity contribution in [2.45, 2.75) is 70.8 Å². The molecular weight excluding hydrogens is 292 g/mol. The molecule has 0 radical (unpaired) electrons. The molecule has 23 heavy (non-hydrogen) atoms. The fourth-order valence-corrected chi connectivity index (χ4v) is 2.07. The molecule has 0 saturated carbocycles. The number of hydrogen-bond acceptors (Lipinski definition) is 4. The first-order chi connectivity index (χ1) is 11.2. The second-order valence-corrected chi connectivity index (χ2v) is 5.45. The highest BCUT2D eigenvalue weighted by atomic mass is 17.1. The number of allylic oxidation sites excluding steroid dienone is 4. The van der Waals surface area contributed by atoms with Crippen LogP contribution in [-0.4, -0.2) is 24.4 Å². The van der Waals surface area contributed by atoms with Gasteiger partial charge in [0.1, 0.15) is 6.10 Å². The Labute approximate surface area is 140 Å². The Morgan fingerprint density at radius 2 is 1.78 bits per heavy atom. The number of carbonyl (C=O) groups is 1. The summed E-state index contributed by atoms with van der Waals surface area (Å²) in [6, 6.07) is 0. The Kier molecular flexibility index (Phi) is 15.9. The van der Waals surface area contributed by atoms with Gasteiger partial charge in [-0.15, -0.1) is 0 Å². The molecule has 0 saturated heterocycles. The number of carbonyl (C=O) groups excluding carboxylic acids is 1. The van der Waals surface area contributed by atoms with E-state index in [4.69, 9.17) is 5.26 Å². The molecule has 0 aliphatic carbocycles. The van der Waals surface area contributed by atoms with E-state index in [1.807, 2.05) is 30.4 Å². The normalized spacial score (nSPS) is 13.3. The molecule has 0 bridgehead atoms. The summed E-state index contributed by atoms with van der Waals surface area (Å²) in [4.78, 5) is 15.4. The van der Waals surface area contributed by atoms with Crippen molar-refractivity contribution in [3.63, 3.8) is 0 Å². The van der Waals surface area contributed by atoms with Crippen LogP contribution in [0.3, 0.4) is 0 Å². The van der Waals surface area contributed by atoms with Crippen molar-refractivity contribution in [3.8, 4) is 0 Å². The zero-order chi connectivity index (χ0) is 17.2. The molecule has 0 fully saturated rings. The monoisotopic (exact) mass is 324 g/mol. The van der Waals surface area contributed by atoms with E-state index in [9.17, 15) is 4.79 Å². The topological polar surface area (TPSA) is 55.8 Å². The van der Waals surface area contributed by atoms with Crippen LogP contribution >= 0.6 is 0 Å². The quantitative estimate of drug-likeness (QED) is 0.119. The van der Waals surface area contributed by atoms with Gasteiger partial charge in [0.2, 0.25) is 0 Å². The smallest absolute Gasteiger partial charge is 0.305 e. The third kappa shape index (κ3) is 15.3. The van der Waals surface area contributed by atoms with E-state index in [0.717, 1.165) is 38.5 Å². The van der Waals surface area contributed by atoms with Crippen LogP contribution in [0.1, 0.15) is 64.7 Å². The predicted octanol–water partition coefficient (Wildman–Crippen LogP) is 5.22. The van der Waals surface area contributed by atoms with E-state index in [1.165, 1.54) is 13.5 Å². The minimum Gasteiger partial charge on any atom is -0.469 e. The van der Waals surface area contributed by atoms with Gasteiger partial charge in [-0.1, -0.05) is 62.6 Å². The third-order valence-electron chi connectivity index (χ3n) is 3.46. The molecule has 4 nitrogen and oxygen atoms in total. The first-order valence-electron chi connectivity index (χ1n) is 8.60. The van der Waals surface area contributed by atoms with E-state index in [1.54, 1.807) is 0 Å². The van der Waals surface area contributed by atoms with Gasteiger partial charge in [0.05, 0.1) is 7.11 Å². The highest BCUT2D eigenvalue weighted by Crippen LogP contribution is 2.09. The molecule has 132 valence electrons. The van der Waals surface area contributed by atoms with Gasteiger partial charge in [-0.3, -0.25) is 10.1 Å². The highest BCUT2D eigenvalue weighted by molar-refractivity contribution is 5.68. The summed E-state index contributed by atoms with van der Waals surface area (Å²) in [7, 11) is 1.43. The lowest BCUT2D eigenvalue weighted by Gasteiger charge is -2.04.